The van der Waals surface area contributed by atoms with E-state index >= 15 is 0 Å². The molecule has 0 aromatic heterocycles. The minimum Gasteiger partial charge on any atom is -0.469 e. The molecule has 0 saturated carbocycles. The summed E-state index contributed by atoms with van der Waals surface area (Å²) in [5.41, 5.74) is 0. The van der Waals surface area contributed by atoms with Gasteiger partial charge in [0.05, 0.1) is 13.5 Å². The van der Waals surface area contributed by atoms with Crippen LogP contribution in [0.1, 0.15) is 39.5 Å². The average Bonchev–Trinajstić information content (AvgIpc) is 3.05. The van der Waals surface area contributed by atoms with Crippen molar-refractivity contribution in [1.82, 2.24) is 15.5 Å². The summed E-state index contributed by atoms with van der Waals surface area (Å²) in [7, 11) is 1.25. The zero-order chi connectivity index (χ0) is 17.4. The maximum absolute atomic E-state index is 12.1. The van der Waals surface area contributed by atoms with Crippen molar-refractivity contribution in [3.05, 3.63) is 0 Å². The minimum absolute atomic E-state index is 0.0411. The quantitative estimate of drug-likeness (QED) is 0.618. The maximum Gasteiger partial charge on any atom is 0.306 e. The molecule has 1 aliphatic rings. The molecule has 1 fully saturated rings. The van der Waals surface area contributed by atoms with Crippen LogP contribution in [0.25, 0.3) is 0 Å². The van der Waals surface area contributed by atoms with E-state index in [1.807, 2.05) is 0 Å². The van der Waals surface area contributed by atoms with Crippen LogP contribution < -0.4 is 10.6 Å². The third-order valence-corrected chi connectivity index (χ3v) is 3.70. The molecule has 8 heteroatoms. The Bertz CT molecular complexity index is 460. The summed E-state index contributed by atoms with van der Waals surface area (Å²) in [6.45, 7) is 4.60. The maximum atomic E-state index is 12.1. The molecular formula is C15H25N3O5. The minimum atomic E-state index is -0.783. The molecule has 130 valence electrons. The Kier molecular flexibility index (Phi) is 7.50. The molecule has 0 aliphatic carbocycles. The van der Waals surface area contributed by atoms with E-state index in [0.29, 0.717) is 0 Å². The zero-order valence-corrected chi connectivity index (χ0v) is 13.9. The molecule has 1 heterocycles. The molecule has 8 nitrogen and oxygen atoms in total. The molecule has 1 unspecified atom stereocenters. The number of ether oxygens (including phenoxy) is 1. The highest BCUT2D eigenvalue weighted by Gasteiger charge is 2.26. The lowest BCUT2D eigenvalue weighted by Crippen LogP contribution is -2.52. The number of rotatable bonds is 7. The number of carbonyl (C=O) groups is 4. The lowest BCUT2D eigenvalue weighted by Gasteiger charge is -2.22. The lowest BCUT2D eigenvalue weighted by molar-refractivity contribution is -0.142. The molecule has 2 atom stereocenters. The van der Waals surface area contributed by atoms with Crippen molar-refractivity contribution in [2.75, 3.05) is 20.2 Å². The largest absolute Gasteiger partial charge is 0.469 e. The fourth-order valence-corrected chi connectivity index (χ4v) is 2.31. The highest BCUT2D eigenvalue weighted by molar-refractivity contribution is 5.92. The first-order valence-corrected chi connectivity index (χ1v) is 7.80. The van der Waals surface area contributed by atoms with E-state index in [-0.39, 0.29) is 18.7 Å². The summed E-state index contributed by atoms with van der Waals surface area (Å²) in [5, 5.41) is 5.09. The van der Waals surface area contributed by atoms with E-state index in [2.05, 4.69) is 15.4 Å². The van der Waals surface area contributed by atoms with Crippen LogP contribution in [-0.2, 0) is 23.9 Å². The summed E-state index contributed by atoms with van der Waals surface area (Å²) in [4.78, 5) is 48.4. The van der Waals surface area contributed by atoms with Gasteiger partial charge in [-0.3, -0.25) is 19.2 Å². The van der Waals surface area contributed by atoms with Gasteiger partial charge < -0.3 is 20.3 Å². The van der Waals surface area contributed by atoms with Gasteiger partial charge in [-0.2, -0.15) is 0 Å². The Labute approximate surface area is 135 Å². The number of amides is 3. The third-order valence-electron chi connectivity index (χ3n) is 3.70. The smallest absolute Gasteiger partial charge is 0.306 e. The van der Waals surface area contributed by atoms with Crippen molar-refractivity contribution in [2.45, 2.75) is 51.6 Å². The van der Waals surface area contributed by atoms with Crippen molar-refractivity contribution in [1.29, 1.82) is 0 Å². The summed E-state index contributed by atoms with van der Waals surface area (Å²) >= 11 is 0. The van der Waals surface area contributed by atoms with Crippen molar-refractivity contribution in [2.24, 2.45) is 0 Å². The van der Waals surface area contributed by atoms with Gasteiger partial charge in [0.1, 0.15) is 12.1 Å². The average molecular weight is 327 g/mol. The van der Waals surface area contributed by atoms with Gasteiger partial charge in [-0.25, -0.2) is 0 Å². The van der Waals surface area contributed by atoms with Crippen LogP contribution in [0.3, 0.4) is 0 Å². The van der Waals surface area contributed by atoms with Gasteiger partial charge in [-0.15, -0.1) is 0 Å². The number of likely N-dealkylation sites (tertiary alicyclic amines) is 1. The Morgan fingerprint density at radius 2 is 1.61 bits per heavy atom. The summed E-state index contributed by atoms with van der Waals surface area (Å²) in [6, 6.07) is -1.41. The second-order valence-corrected chi connectivity index (χ2v) is 5.63. The van der Waals surface area contributed by atoms with Gasteiger partial charge in [-0.05, 0) is 26.7 Å². The molecule has 0 bridgehead atoms. The number of hydrogen-bond donors (Lipinski definition) is 2. The molecule has 0 aromatic rings. The molecule has 3 amide bonds. The summed E-state index contributed by atoms with van der Waals surface area (Å²) in [6.07, 6.45) is 1.88. The van der Waals surface area contributed by atoms with Crippen LogP contribution in [-0.4, -0.2) is 60.9 Å². The summed E-state index contributed by atoms with van der Waals surface area (Å²) < 4.78 is 4.44. The molecule has 2 N–H and O–H groups in total. The third kappa shape index (κ3) is 6.25. The van der Waals surface area contributed by atoms with Gasteiger partial charge in [0.2, 0.25) is 17.7 Å². The molecular weight excluding hydrogens is 302 g/mol. The molecule has 0 aromatic carbocycles. The molecule has 23 heavy (non-hydrogen) atoms. The van der Waals surface area contributed by atoms with Crippen molar-refractivity contribution in [3.8, 4) is 0 Å². The molecule has 1 saturated heterocycles. The van der Waals surface area contributed by atoms with E-state index in [4.69, 9.17) is 0 Å². The van der Waals surface area contributed by atoms with Gasteiger partial charge in [0, 0.05) is 19.5 Å². The number of methoxy groups -OCH3 is 1. The number of nitrogens with one attached hydrogen (secondary N) is 2. The number of carbonyl (C=O) groups excluding carboxylic acids is 4. The van der Waals surface area contributed by atoms with Crippen molar-refractivity contribution >= 4 is 23.7 Å². The Hall–Kier alpha value is -2.12. The number of nitrogens with zero attached hydrogens (tertiary/aromatic N) is 1. The highest BCUT2D eigenvalue weighted by Crippen LogP contribution is 2.09. The number of hydrogen-bond acceptors (Lipinski definition) is 5. The van der Waals surface area contributed by atoms with Gasteiger partial charge >= 0.3 is 5.97 Å². The predicted octanol–water partition coefficient (Wildman–Crippen LogP) is -0.429. The SMILES string of the molecule is COC(=O)CCC(=O)NC(C)C(=O)N[C@@H](C)C(=O)N1CCCC1. The van der Waals surface area contributed by atoms with Crippen LogP contribution in [0.5, 0.6) is 0 Å². The van der Waals surface area contributed by atoms with E-state index in [1.165, 1.54) is 14.0 Å². The normalized spacial score (nSPS) is 16.4. The molecule has 1 aliphatic heterocycles. The van der Waals surface area contributed by atoms with Gasteiger partial charge in [-0.1, -0.05) is 0 Å². The first-order valence-electron chi connectivity index (χ1n) is 7.80. The van der Waals surface area contributed by atoms with Crippen LogP contribution in [0, 0.1) is 0 Å². The first-order chi connectivity index (χ1) is 10.8. The van der Waals surface area contributed by atoms with Gasteiger partial charge in [0.25, 0.3) is 0 Å². The van der Waals surface area contributed by atoms with Crippen molar-refractivity contribution < 1.29 is 23.9 Å². The van der Waals surface area contributed by atoms with Gasteiger partial charge in [0.15, 0.2) is 0 Å². The lowest BCUT2D eigenvalue weighted by atomic mass is 10.2. The fraction of sp³-hybridized carbons (Fsp3) is 0.733. The second-order valence-electron chi connectivity index (χ2n) is 5.63. The Morgan fingerprint density at radius 3 is 2.17 bits per heavy atom. The van der Waals surface area contributed by atoms with Crippen LogP contribution in [0.2, 0.25) is 0 Å². The van der Waals surface area contributed by atoms with Crippen molar-refractivity contribution in [3.63, 3.8) is 0 Å². The number of esters is 1. The monoisotopic (exact) mass is 327 g/mol. The van der Waals surface area contributed by atoms with E-state index in [9.17, 15) is 19.2 Å². The topological polar surface area (TPSA) is 105 Å². The molecule has 0 radical (unpaired) electrons. The molecule has 1 rings (SSSR count). The highest BCUT2D eigenvalue weighted by atomic mass is 16.5. The fourth-order valence-electron chi connectivity index (χ4n) is 2.31. The van der Waals surface area contributed by atoms with Crippen LogP contribution >= 0.6 is 0 Å². The Morgan fingerprint density at radius 1 is 1.00 bits per heavy atom. The Balaban J connectivity index is 2.36. The van der Waals surface area contributed by atoms with Crippen LogP contribution in [0.4, 0.5) is 0 Å². The van der Waals surface area contributed by atoms with E-state index in [0.717, 1.165) is 25.9 Å². The summed E-state index contributed by atoms with van der Waals surface area (Å²) in [5.74, 6) is -1.45. The van der Waals surface area contributed by atoms with Crippen LogP contribution in [0.15, 0.2) is 0 Å². The second kappa shape index (κ2) is 9.12. The standard InChI is InChI=1S/C15H25N3O5/c1-10(16-12(19)6-7-13(20)23-3)14(21)17-11(2)15(22)18-8-4-5-9-18/h10-11H,4-9H2,1-3H3,(H,16,19)(H,17,21)/t10?,11-/m0/s1. The zero-order valence-electron chi connectivity index (χ0n) is 13.9. The molecule has 0 spiro atoms. The predicted molar refractivity (Wildman–Crippen MR) is 82.3 cm³/mol. The van der Waals surface area contributed by atoms with E-state index < -0.39 is 29.9 Å². The first kappa shape index (κ1) is 18.9. The van der Waals surface area contributed by atoms with E-state index in [1.54, 1.807) is 11.8 Å².